The summed E-state index contributed by atoms with van der Waals surface area (Å²) in [7, 11) is 3.11. The summed E-state index contributed by atoms with van der Waals surface area (Å²) < 4.78 is 38.1. The highest BCUT2D eigenvalue weighted by Crippen LogP contribution is 2.43. The lowest BCUT2D eigenvalue weighted by molar-refractivity contribution is 0.0693. The fraction of sp³-hybridized carbons (Fsp3) is 0.208. The van der Waals surface area contributed by atoms with Crippen LogP contribution in [-0.4, -0.2) is 31.6 Å². The van der Waals surface area contributed by atoms with Gasteiger partial charge in [0.1, 0.15) is 0 Å². The van der Waals surface area contributed by atoms with E-state index in [0.717, 1.165) is 28.8 Å². The zero-order valence-electron chi connectivity index (χ0n) is 17.0. The van der Waals surface area contributed by atoms with Crippen LogP contribution in [0.25, 0.3) is 0 Å². The van der Waals surface area contributed by atoms with Crippen LogP contribution in [0.1, 0.15) is 33.1 Å². The molecule has 3 aromatic carbocycles. The topological polar surface area (TPSA) is 38.8 Å². The average molecular weight is 444 g/mol. The van der Waals surface area contributed by atoms with Crippen molar-refractivity contribution >= 4 is 17.5 Å². The summed E-state index contributed by atoms with van der Waals surface area (Å²) in [5, 5.41) is 0.498. The molecule has 1 amide bonds. The van der Waals surface area contributed by atoms with Gasteiger partial charge in [-0.25, -0.2) is 8.78 Å². The normalized spacial score (nSPS) is 15.4. The fourth-order valence-electron chi connectivity index (χ4n) is 3.99. The Labute approximate surface area is 184 Å². The Kier molecular flexibility index (Phi) is 5.83. The maximum Gasteiger partial charge on any atom is 0.254 e. The maximum atomic E-state index is 13.8. The van der Waals surface area contributed by atoms with Gasteiger partial charge in [-0.3, -0.25) is 4.79 Å². The van der Waals surface area contributed by atoms with Crippen molar-refractivity contribution in [3.63, 3.8) is 0 Å². The van der Waals surface area contributed by atoms with Crippen LogP contribution in [0.15, 0.2) is 54.6 Å². The van der Waals surface area contributed by atoms with Crippen molar-refractivity contribution in [1.82, 2.24) is 4.90 Å². The van der Waals surface area contributed by atoms with Crippen molar-refractivity contribution in [2.75, 3.05) is 20.8 Å². The Morgan fingerprint density at radius 1 is 0.968 bits per heavy atom. The minimum atomic E-state index is -1.07. The molecular formula is C24H20ClF2NO3. The van der Waals surface area contributed by atoms with Gasteiger partial charge in [0.25, 0.3) is 5.91 Å². The number of hydrogen-bond donors (Lipinski definition) is 0. The molecule has 3 aromatic rings. The number of rotatable bonds is 4. The summed E-state index contributed by atoms with van der Waals surface area (Å²) in [6, 6.07) is 13.6. The number of carbonyl (C=O) groups excluding carboxylic acids is 1. The van der Waals surface area contributed by atoms with Crippen molar-refractivity contribution in [1.29, 1.82) is 0 Å². The van der Waals surface area contributed by atoms with E-state index in [0.29, 0.717) is 29.5 Å². The number of fused-ring (bicyclic) bond motifs is 1. The summed E-state index contributed by atoms with van der Waals surface area (Å²) in [5.41, 5.74) is 2.64. The zero-order valence-corrected chi connectivity index (χ0v) is 17.7. The van der Waals surface area contributed by atoms with E-state index >= 15 is 0 Å². The lowest BCUT2D eigenvalue weighted by atomic mass is 9.87. The third-order valence-electron chi connectivity index (χ3n) is 5.50. The molecule has 4 rings (SSSR count). The van der Waals surface area contributed by atoms with Crippen molar-refractivity contribution in [2.24, 2.45) is 0 Å². The second-order valence-electron chi connectivity index (χ2n) is 7.21. The number of nitrogens with zero attached hydrogens (tertiary/aromatic N) is 1. The van der Waals surface area contributed by atoms with Gasteiger partial charge >= 0.3 is 0 Å². The van der Waals surface area contributed by atoms with Gasteiger partial charge in [0.2, 0.25) is 0 Å². The van der Waals surface area contributed by atoms with Gasteiger partial charge in [-0.05, 0) is 59.5 Å². The SMILES string of the molecule is COc1cc2c(cc1OC)[C@@H](c1ccccc1Cl)N(C(=O)c1ccc(F)c(F)c1)CC2. The molecule has 0 aliphatic carbocycles. The quantitative estimate of drug-likeness (QED) is 0.540. The summed E-state index contributed by atoms with van der Waals surface area (Å²) >= 11 is 6.51. The van der Waals surface area contributed by atoms with Crippen LogP contribution >= 0.6 is 11.6 Å². The molecule has 0 saturated carbocycles. The maximum absolute atomic E-state index is 13.8. The van der Waals surface area contributed by atoms with E-state index in [1.165, 1.54) is 6.07 Å². The number of methoxy groups -OCH3 is 2. The molecule has 0 fully saturated rings. The third kappa shape index (κ3) is 3.83. The Balaban J connectivity index is 1.87. The largest absolute Gasteiger partial charge is 0.493 e. The van der Waals surface area contributed by atoms with Crippen molar-refractivity contribution in [3.05, 3.63) is 93.5 Å². The van der Waals surface area contributed by atoms with Crippen LogP contribution in [-0.2, 0) is 6.42 Å². The van der Waals surface area contributed by atoms with Crippen LogP contribution < -0.4 is 9.47 Å². The van der Waals surface area contributed by atoms with Gasteiger partial charge in [0.15, 0.2) is 23.1 Å². The first-order valence-electron chi connectivity index (χ1n) is 9.69. The Morgan fingerprint density at radius 3 is 2.35 bits per heavy atom. The highest BCUT2D eigenvalue weighted by atomic mass is 35.5. The van der Waals surface area contributed by atoms with Crippen LogP contribution in [0.3, 0.4) is 0 Å². The first kappa shape index (κ1) is 21.1. The molecule has 0 saturated heterocycles. The average Bonchev–Trinajstić information content (AvgIpc) is 2.79. The lowest BCUT2D eigenvalue weighted by Gasteiger charge is -2.38. The standard InChI is InChI=1S/C24H20ClF2NO3/c1-30-21-12-14-9-10-28(24(29)15-7-8-19(26)20(27)11-15)23(17(14)13-22(21)31-2)16-5-3-4-6-18(16)25/h3-8,11-13,23H,9-10H2,1-2H3/t23-/m1/s1. The summed E-state index contributed by atoms with van der Waals surface area (Å²) in [5.74, 6) is -1.35. The second-order valence-corrected chi connectivity index (χ2v) is 7.61. The molecule has 0 aromatic heterocycles. The Morgan fingerprint density at radius 2 is 1.68 bits per heavy atom. The van der Waals surface area contributed by atoms with E-state index in [1.807, 2.05) is 30.3 Å². The summed E-state index contributed by atoms with van der Waals surface area (Å²) in [4.78, 5) is 15.0. The number of halogens is 3. The van der Waals surface area contributed by atoms with E-state index < -0.39 is 23.6 Å². The third-order valence-corrected chi connectivity index (χ3v) is 5.85. The van der Waals surface area contributed by atoms with Crippen molar-refractivity contribution < 1.29 is 23.0 Å². The number of hydrogen-bond acceptors (Lipinski definition) is 3. The molecule has 1 atom stereocenters. The molecule has 0 radical (unpaired) electrons. The molecule has 0 bridgehead atoms. The minimum absolute atomic E-state index is 0.0693. The van der Waals surface area contributed by atoms with E-state index in [9.17, 15) is 13.6 Å². The molecule has 1 aliphatic heterocycles. The van der Waals surface area contributed by atoms with Gasteiger partial charge in [-0.15, -0.1) is 0 Å². The molecule has 160 valence electrons. The van der Waals surface area contributed by atoms with Gasteiger partial charge < -0.3 is 14.4 Å². The summed E-state index contributed by atoms with van der Waals surface area (Å²) in [6.45, 7) is 0.371. The fourth-order valence-corrected chi connectivity index (χ4v) is 4.23. The first-order valence-corrected chi connectivity index (χ1v) is 10.1. The molecule has 7 heteroatoms. The molecule has 0 unspecified atom stereocenters. The first-order chi connectivity index (χ1) is 14.9. The number of carbonyl (C=O) groups is 1. The molecule has 1 aliphatic rings. The zero-order chi connectivity index (χ0) is 22.1. The van der Waals surface area contributed by atoms with Gasteiger partial charge in [-0.2, -0.15) is 0 Å². The molecular weight excluding hydrogens is 424 g/mol. The summed E-state index contributed by atoms with van der Waals surface area (Å²) in [6.07, 6.45) is 0.562. The second kappa shape index (κ2) is 8.55. The minimum Gasteiger partial charge on any atom is -0.493 e. The highest BCUT2D eigenvalue weighted by Gasteiger charge is 2.35. The van der Waals surface area contributed by atoms with Crippen LogP contribution in [0.5, 0.6) is 11.5 Å². The van der Waals surface area contributed by atoms with E-state index in [4.69, 9.17) is 21.1 Å². The predicted octanol–water partition coefficient (Wildman–Crippen LogP) is 5.42. The Bertz CT molecular complexity index is 1150. The van der Waals surface area contributed by atoms with E-state index in [2.05, 4.69) is 0 Å². The molecule has 1 heterocycles. The molecule has 31 heavy (non-hydrogen) atoms. The monoisotopic (exact) mass is 443 g/mol. The lowest BCUT2D eigenvalue weighted by Crippen LogP contribution is -2.40. The van der Waals surface area contributed by atoms with Crippen molar-refractivity contribution in [3.8, 4) is 11.5 Å². The smallest absolute Gasteiger partial charge is 0.254 e. The number of ether oxygens (including phenoxy) is 2. The number of amides is 1. The van der Waals surface area contributed by atoms with E-state index in [1.54, 1.807) is 25.2 Å². The Hall–Kier alpha value is -3.12. The van der Waals surface area contributed by atoms with Gasteiger partial charge in [0, 0.05) is 17.1 Å². The van der Waals surface area contributed by atoms with Crippen molar-refractivity contribution in [2.45, 2.75) is 12.5 Å². The highest BCUT2D eigenvalue weighted by molar-refractivity contribution is 6.31. The van der Waals surface area contributed by atoms with Gasteiger partial charge in [0.05, 0.1) is 20.3 Å². The van der Waals surface area contributed by atoms with Gasteiger partial charge in [-0.1, -0.05) is 29.8 Å². The van der Waals surface area contributed by atoms with Crippen LogP contribution in [0.4, 0.5) is 8.78 Å². The predicted molar refractivity (Wildman–Crippen MR) is 114 cm³/mol. The number of benzene rings is 3. The molecule has 0 spiro atoms. The molecule has 0 N–H and O–H groups in total. The van der Waals surface area contributed by atoms with Crippen LogP contribution in [0.2, 0.25) is 5.02 Å². The van der Waals surface area contributed by atoms with E-state index in [-0.39, 0.29) is 5.56 Å². The van der Waals surface area contributed by atoms with Crippen LogP contribution in [0, 0.1) is 11.6 Å². The molecule has 4 nitrogen and oxygen atoms in total.